The van der Waals surface area contributed by atoms with Gasteiger partial charge in [0.15, 0.2) is 0 Å². The zero-order valence-corrected chi connectivity index (χ0v) is 14.3. The van der Waals surface area contributed by atoms with Gasteiger partial charge in [-0.3, -0.25) is 0 Å². The standard InChI is InChI=1S/C22H26/c1-5-15-9-19-13-21-11-17(7-3)18(8-4)12-22(21)14-20(19)10-16(15)6-2/h5-8,13-14H,9-12H2,1-4H3. The van der Waals surface area contributed by atoms with Crippen molar-refractivity contribution in [2.45, 2.75) is 53.4 Å². The fraction of sp³-hybridized carbons (Fsp3) is 0.364. The van der Waals surface area contributed by atoms with Gasteiger partial charge in [0.1, 0.15) is 0 Å². The summed E-state index contributed by atoms with van der Waals surface area (Å²) >= 11 is 0. The molecule has 3 rings (SSSR count). The van der Waals surface area contributed by atoms with Crippen molar-refractivity contribution in [1.29, 1.82) is 0 Å². The number of benzene rings is 1. The second-order valence-corrected chi connectivity index (χ2v) is 6.35. The van der Waals surface area contributed by atoms with E-state index in [4.69, 9.17) is 0 Å². The predicted octanol–water partition coefficient (Wildman–Crippen LogP) is 5.67. The van der Waals surface area contributed by atoms with Crippen molar-refractivity contribution in [2.24, 2.45) is 0 Å². The molecule has 0 saturated carbocycles. The lowest BCUT2D eigenvalue weighted by molar-refractivity contribution is 0.923. The van der Waals surface area contributed by atoms with E-state index in [9.17, 15) is 0 Å². The van der Waals surface area contributed by atoms with Crippen LogP contribution in [-0.4, -0.2) is 0 Å². The molecule has 0 aromatic heterocycles. The Balaban J connectivity index is 2.06. The average molecular weight is 290 g/mol. The molecule has 0 heterocycles. The minimum absolute atomic E-state index is 1.10. The fourth-order valence-electron chi connectivity index (χ4n) is 3.87. The number of rotatable bonds is 0. The molecular weight excluding hydrogens is 264 g/mol. The van der Waals surface area contributed by atoms with E-state index in [1.54, 1.807) is 0 Å². The maximum atomic E-state index is 2.48. The molecule has 0 spiro atoms. The van der Waals surface area contributed by atoms with Crippen LogP contribution in [0.1, 0.15) is 49.9 Å². The number of fused-ring (bicyclic) bond motifs is 2. The fourth-order valence-corrected chi connectivity index (χ4v) is 3.87. The quantitative estimate of drug-likeness (QED) is 0.577. The smallest absolute Gasteiger partial charge is 0.00234 e. The minimum Gasteiger partial charge on any atom is -0.0838 e. The van der Waals surface area contributed by atoms with Gasteiger partial charge in [0.25, 0.3) is 0 Å². The molecule has 0 nitrogen and oxygen atoms in total. The molecule has 22 heavy (non-hydrogen) atoms. The zero-order chi connectivity index (χ0) is 15.7. The molecule has 1 aromatic rings. The molecule has 0 saturated heterocycles. The van der Waals surface area contributed by atoms with Crippen molar-refractivity contribution in [2.75, 3.05) is 0 Å². The molecule has 114 valence electrons. The summed E-state index contributed by atoms with van der Waals surface area (Å²) in [6.07, 6.45) is 13.5. The van der Waals surface area contributed by atoms with Gasteiger partial charge in [0, 0.05) is 0 Å². The van der Waals surface area contributed by atoms with Gasteiger partial charge in [-0.05, 0) is 97.9 Å². The summed E-state index contributed by atoms with van der Waals surface area (Å²) in [6, 6.07) is 4.97. The van der Waals surface area contributed by atoms with Gasteiger partial charge in [-0.25, -0.2) is 0 Å². The second kappa shape index (κ2) is 6.12. The normalized spacial score (nSPS) is 24.9. The molecule has 0 N–H and O–H groups in total. The summed E-state index contributed by atoms with van der Waals surface area (Å²) in [5.74, 6) is 0. The second-order valence-electron chi connectivity index (χ2n) is 6.35. The summed E-state index contributed by atoms with van der Waals surface area (Å²) < 4.78 is 0. The van der Waals surface area contributed by atoms with Gasteiger partial charge in [-0.1, -0.05) is 36.4 Å². The molecule has 0 bridgehead atoms. The van der Waals surface area contributed by atoms with Gasteiger partial charge in [-0.15, -0.1) is 0 Å². The molecule has 2 aliphatic carbocycles. The van der Waals surface area contributed by atoms with Crippen LogP contribution >= 0.6 is 0 Å². The summed E-state index contributed by atoms with van der Waals surface area (Å²) in [6.45, 7) is 8.66. The topological polar surface area (TPSA) is 0 Å². The largest absolute Gasteiger partial charge is 0.0838 e. The summed E-state index contributed by atoms with van der Waals surface area (Å²) in [5, 5.41) is 0. The van der Waals surface area contributed by atoms with Gasteiger partial charge in [0.05, 0.1) is 0 Å². The van der Waals surface area contributed by atoms with E-state index < -0.39 is 0 Å². The molecule has 0 fully saturated rings. The van der Waals surface area contributed by atoms with Crippen LogP contribution in [0.25, 0.3) is 0 Å². The lowest BCUT2D eigenvalue weighted by atomic mass is 9.77. The Bertz CT molecular complexity index is 598. The predicted molar refractivity (Wildman–Crippen MR) is 96.3 cm³/mol. The summed E-state index contributed by atoms with van der Waals surface area (Å²) in [7, 11) is 0. The average Bonchev–Trinajstić information content (AvgIpc) is 2.57. The Morgan fingerprint density at radius 2 is 0.727 bits per heavy atom. The van der Waals surface area contributed by atoms with Crippen LogP contribution in [-0.2, 0) is 25.7 Å². The van der Waals surface area contributed by atoms with Gasteiger partial charge < -0.3 is 0 Å². The Kier molecular flexibility index (Phi) is 4.20. The van der Waals surface area contributed by atoms with Crippen LogP contribution in [0.2, 0.25) is 0 Å². The lowest BCUT2D eigenvalue weighted by Gasteiger charge is -2.28. The SMILES string of the molecule is CC=C1Cc2cc3c(cc2CC1=CC)CC(=CC)C(=CC)C3. The minimum atomic E-state index is 1.10. The van der Waals surface area contributed by atoms with Crippen molar-refractivity contribution in [3.8, 4) is 0 Å². The first-order valence-corrected chi connectivity index (χ1v) is 8.45. The Hall–Kier alpha value is -1.82. The third-order valence-corrected chi connectivity index (χ3v) is 5.26. The molecule has 0 amide bonds. The van der Waals surface area contributed by atoms with Crippen molar-refractivity contribution < 1.29 is 0 Å². The highest BCUT2D eigenvalue weighted by atomic mass is 14.3. The van der Waals surface area contributed by atoms with E-state index in [1.165, 1.54) is 44.5 Å². The molecule has 0 atom stereocenters. The van der Waals surface area contributed by atoms with Gasteiger partial charge in [0.2, 0.25) is 0 Å². The highest BCUT2D eigenvalue weighted by Crippen LogP contribution is 2.36. The Labute approximate surface area is 135 Å². The van der Waals surface area contributed by atoms with Crippen molar-refractivity contribution in [1.82, 2.24) is 0 Å². The Morgan fingerprint density at radius 3 is 0.909 bits per heavy atom. The number of allylic oxidation sites excluding steroid dienone is 8. The summed E-state index contributed by atoms with van der Waals surface area (Å²) in [5.41, 5.74) is 12.2. The molecule has 2 aliphatic rings. The van der Waals surface area contributed by atoms with Crippen molar-refractivity contribution in [3.05, 3.63) is 81.0 Å². The molecule has 0 aliphatic heterocycles. The number of hydrogen-bond acceptors (Lipinski definition) is 0. The van der Waals surface area contributed by atoms with E-state index in [0.29, 0.717) is 0 Å². The van der Waals surface area contributed by atoms with Gasteiger partial charge in [-0.2, -0.15) is 0 Å². The van der Waals surface area contributed by atoms with Crippen LogP contribution in [0.5, 0.6) is 0 Å². The summed E-state index contributed by atoms with van der Waals surface area (Å²) in [4.78, 5) is 0. The van der Waals surface area contributed by atoms with Crippen LogP contribution < -0.4 is 0 Å². The zero-order valence-electron chi connectivity index (χ0n) is 14.3. The first kappa shape index (κ1) is 15.1. The highest BCUT2D eigenvalue weighted by molar-refractivity contribution is 5.55. The van der Waals surface area contributed by atoms with Crippen molar-refractivity contribution >= 4 is 0 Å². The molecule has 0 radical (unpaired) electrons. The van der Waals surface area contributed by atoms with E-state index in [2.05, 4.69) is 64.1 Å². The van der Waals surface area contributed by atoms with E-state index in [-0.39, 0.29) is 0 Å². The van der Waals surface area contributed by atoms with Crippen LogP contribution in [0.4, 0.5) is 0 Å². The van der Waals surface area contributed by atoms with Gasteiger partial charge >= 0.3 is 0 Å². The van der Waals surface area contributed by atoms with Crippen molar-refractivity contribution in [3.63, 3.8) is 0 Å². The number of hydrogen-bond donors (Lipinski definition) is 0. The lowest BCUT2D eigenvalue weighted by Crippen LogP contribution is -2.14. The molecule has 0 heteroatoms. The third kappa shape index (κ3) is 2.52. The van der Waals surface area contributed by atoms with E-state index >= 15 is 0 Å². The monoisotopic (exact) mass is 290 g/mol. The first-order chi connectivity index (χ1) is 10.7. The first-order valence-electron chi connectivity index (χ1n) is 8.45. The highest BCUT2D eigenvalue weighted by Gasteiger charge is 2.22. The van der Waals surface area contributed by atoms with E-state index in [1.807, 2.05) is 0 Å². The molecule has 1 aromatic carbocycles. The van der Waals surface area contributed by atoms with Crippen LogP contribution in [0.3, 0.4) is 0 Å². The third-order valence-electron chi connectivity index (χ3n) is 5.26. The molecular formula is C22H26. The maximum absolute atomic E-state index is 2.48. The van der Waals surface area contributed by atoms with Crippen LogP contribution in [0, 0.1) is 0 Å². The Morgan fingerprint density at radius 1 is 0.500 bits per heavy atom. The van der Waals surface area contributed by atoms with Crippen LogP contribution in [0.15, 0.2) is 58.7 Å². The maximum Gasteiger partial charge on any atom is -0.00234 e. The van der Waals surface area contributed by atoms with E-state index in [0.717, 1.165) is 25.7 Å². The molecule has 0 unspecified atom stereocenters.